The van der Waals surface area contributed by atoms with E-state index in [9.17, 15) is 5.11 Å². The molecule has 1 N–H and O–H groups in total. The Balaban J connectivity index is 1.46. The summed E-state index contributed by atoms with van der Waals surface area (Å²) in [5.74, 6) is 1.38. The maximum atomic E-state index is 10.5. The molecule has 0 amide bonds. The van der Waals surface area contributed by atoms with Gasteiger partial charge in [0.2, 0.25) is 0 Å². The van der Waals surface area contributed by atoms with E-state index in [0.717, 1.165) is 19.5 Å². The molecule has 1 saturated carbocycles. The number of benzene rings is 1. The lowest BCUT2D eigenvalue weighted by atomic mass is 9.94. The van der Waals surface area contributed by atoms with Crippen LogP contribution in [0.3, 0.4) is 0 Å². The Bertz CT molecular complexity index is 819. The molecule has 32 heavy (non-hydrogen) atoms. The highest BCUT2D eigenvalue weighted by molar-refractivity contribution is 5.43. The monoisotopic (exact) mass is 444 g/mol. The van der Waals surface area contributed by atoms with Crippen LogP contribution in [-0.2, 0) is 20.0 Å². The van der Waals surface area contributed by atoms with Gasteiger partial charge in [0.25, 0.3) is 0 Å². The fraction of sp³-hybridized carbons (Fsp3) is 0.640. The normalized spacial score (nSPS) is 16.0. The van der Waals surface area contributed by atoms with Gasteiger partial charge in [-0.2, -0.15) is 5.10 Å². The van der Waals surface area contributed by atoms with Crippen molar-refractivity contribution in [3.05, 3.63) is 41.7 Å². The van der Waals surface area contributed by atoms with Gasteiger partial charge in [-0.1, -0.05) is 25.3 Å². The summed E-state index contributed by atoms with van der Waals surface area (Å²) >= 11 is 0. The molecule has 1 aliphatic rings. The number of hydrogen-bond acceptors (Lipinski definition) is 6. The fourth-order valence-corrected chi connectivity index (χ4v) is 4.48. The van der Waals surface area contributed by atoms with E-state index >= 15 is 0 Å². The SMILES string of the molecule is COc1cc(CN(C)CCc2cnn(C)c2)ccc1OC[C@@H](O)CN(C)C1CCCCC1. The van der Waals surface area contributed by atoms with Crippen LogP contribution in [-0.4, -0.2) is 77.7 Å². The van der Waals surface area contributed by atoms with Crippen molar-refractivity contribution in [3.63, 3.8) is 0 Å². The smallest absolute Gasteiger partial charge is 0.161 e. The topological polar surface area (TPSA) is 63.0 Å². The van der Waals surface area contributed by atoms with Crippen molar-refractivity contribution in [2.75, 3.05) is 40.9 Å². The zero-order valence-electron chi connectivity index (χ0n) is 20.2. The summed E-state index contributed by atoms with van der Waals surface area (Å²) in [6, 6.07) is 6.62. The van der Waals surface area contributed by atoms with Crippen molar-refractivity contribution < 1.29 is 14.6 Å². The Morgan fingerprint density at radius 2 is 1.94 bits per heavy atom. The van der Waals surface area contributed by atoms with Gasteiger partial charge in [-0.05, 0) is 56.6 Å². The van der Waals surface area contributed by atoms with Crippen molar-refractivity contribution >= 4 is 0 Å². The molecular formula is C25H40N4O3. The molecule has 178 valence electrons. The average Bonchev–Trinajstić information content (AvgIpc) is 3.22. The Labute approximate surface area is 192 Å². The minimum atomic E-state index is -0.523. The van der Waals surface area contributed by atoms with Crippen molar-refractivity contribution in [1.82, 2.24) is 19.6 Å². The molecule has 2 aromatic rings. The molecular weight excluding hydrogens is 404 g/mol. The minimum Gasteiger partial charge on any atom is -0.493 e. The number of aliphatic hydroxyl groups is 1. The lowest BCUT2D eigenvalue weighted by Crippen LogP contribution is -2.40. The number of aromatic nitrogens is 2. The molecule has 1 heterocycles. The summed E-state index contributed by atoms with van der Waals surface area (Å²) in [5.41, 5.74) is 2.41. The number of ether oxygens (including phenoxy) is 2. The largest absolute Gasteiger partial charge is 0.493 e. The second kappa shape index (κ2) is 12.2. The molecule has 1 aromatic heterocycles. The number of likely N-dealkylation sites (N-methyl/N-ethyl adjacent to an activating group) is 2. The second-order valence-corrected chi connectivity index (χ2v) is 9.19. The van der Waals surface area contributed by atoms with Crippen LogP contribution < -0.4 is 9.47 Å². The summed E-state index contributed by atoms with van der Waals surface area (Å²) in [6.45, 7) is 2.67. The molecule has 0 unspecified atom stereocenters. The van der Waals surface area contributed by atoms with Crippen LogP contribution in [0.4, 0.5) is 0 Å². The lowest BCUT2D eigenvalue weighted by molar-refractivity contribution is 0.0553. The molecule has 0 radical (unpaired) electrons. The van der Waals surface area contributed by atoms with E-state index < -0.39 is 6.10 Å². The predicted octanol–water partition coefficient (Wildman–Crippen LogP) is 3.11. The van der Waals surface area contributed by atoms with E-state index in [1.165, 1.54) is 43.2 Å². The van der Waals surface area contributed by atoms with Crippen LogP contribution >= 0.6 is 0 Å². The van der Waals surface area contributed by atoms with E-state index in [4.69, 9.17) is 9.47 Å². The molecule has 0 bridgehead atoms. The highest BCUT2D eigenvalue weighted by Crippen LogP contribution is 2.29. The van der Waals surface area contributed by atoms with Crippen LogP contribution in [0.2, 0.25) is 0 Å². The van der Waals surface area contributed by atoms with E-state index in [1.54, 1.807) is 7.11 Å². The van der Waals surface area contributed by atoms with E-state index in [0.29, 0.717) is 24.1 Å². The molecule has 0 aliphatic heterocycles. The lowest BCUT2D eigenvalue weighted by Gasteiger charge is -2.32. The third-order valence-electron chi connectivity index (χ3n) is 6.35. The van der Waals surface area contributed by atoms with Gasteiger partial charge in [0.15, 0.2) is 11.5 Å². The van der Waals surface area contributed by atoms with Gasteiger partial charge in [-0.15, -0.1) is 0 Å². The van der Waals surface area contributed by atoms with Crippen LogP contribution in [0.15, 0.2) is 30.6 Å². The first-order valence-electron chi connectivity index (χ1n) is 11.8. The number of aliphatic hydroxyl groups excluding tert-OH is 1. The predicted molar refractivity (Wildman–Crippen MR) is 127 cm³/mol. The Morgan fingerprint density at radius 1 is 1.16 bits per heavy atom. The highest BCUT2D eigenvalue weighted by Gasteiger charge is 2.20. The maximum absolute atomic E-state index is 10.5. The Hall–Kier alpha value is -2.09. The van der Waals surface area contributed by atoms with E-state index in [2.05, 4.69) is 41.3 Å². The molecule has 1 fully saturated rings. The number of rotatable bonds is 12. The summed E-state index contributed by atoms with van der Waals surface area (Å²) in [6.07, 6.45) is 10.8. The van der Waals surface area contributed by atoms with Gasteiger partial charge in [0.05, 0.1) is 13.3 Å². The first kappa shape index (κ1) is 24.6. The molecule has 0 saturated heterocycles. The van der Waals surface area contributed by atoms with Crippen molar-refractivity contribution in [1.29, 1.82) is 0 Å². The number of methoxy groups -OCH3 is 1. The summed E-state index contributed by atoms with van der Waals surface area (Å²) in [4.78, 5) is 4.57. The van der Waals surface area contributed by atoms with Crippen LogP contribution in [0, 0.1) is 0 Å². The van der Waals surface area contributed by atoms with E-state index in [-0.39, 0.29) is 6.61 Å². The Morgan fingerprint density at radius 3 is 2.62 bits per heavy atom. The van der Waals surface area contributed by atoms with E-state index in [1.807, 2.05) is 30.1 Å². The van der Waals surface area contributed by atoms with Gasteiger partial charge in [-0.3, -0.25) is 4.68 Å². The number of nitrogens with zero attached hydrogens (tertiary/aromatic N) is 4. The fourth-order valence-electron chi connectivity index (χ4n) is 4.48. The zero-order valence-corrected chi connectivity index (χ0v) is 20.2. The third kappa shape index (κ3) is 7.50. The quantitative estimate of drug-likeness (QED) is 0.543. The molecule has 1 aliphatic carbocycles. The van der Waals surface area contributed by atoms with Gasteiger partial charge in [0, 0.05) is 38.9 Å². The van der Waals surface area contributed by atoms with Crippen molar-refractivity contribution in [2.24, 2.45) is 7.05 Å². The molecule has 7 heteroatoms. The van der Waals surface area contributed by atoms with Gasteiger partial charge < -0.3 is 24.4 Å². The first-order valence-corrected chi connectivity index (χ1v) is 11.8. The number of hydrogen-bond donors (Lipinski definition) is 1. The average molecular weight is 445 g/mol. The maximum Gasteiger partial charge on any atom is 0.161 e. The van der Waals surface area contributed by atoms with Crippen molar-refractivity contribution in [2.45, 2.75) is 57.2 Å². The number of aryl methyl sites for hydroxylation is 1. The zero-order chi connectivity index (χ0) is 22.9. The Kier molecular flexibility index (Phi) is 9.38. The van der Waals surface area contributed by atoms with Crippen LogP contribution in [0.25, 0.3) is 0 Å². The van der Waals surface area contributed by atoms with Gasteiger partial charge >= 0.3 is 0 Å². The van der Waals surface area contributed by atoms with Crippen molar-refractivity contribution in [3.8, 4) is 11.5 Å². The highest BCUT2D eigenvalue weighted by atomic mass is 16.5. The molecule has 1 aromatic carbocycles. The molecule has 1 atom stereocenters. The van der Waals surface area contributed by atoms with Crippen LogP contribution in [0.5, 0.6) is 11.5 Å². The standard InChI is InChI=1S/C25H40N4O3/c1-27(13-12-21-15-26-29(3)17-21)16-20-10-11-24(25(14-20)31-4)32-19-23(30)18-28(2)22-8-6-5-7-9-22/h10-11,14-15,17,22-23,30H,5-9,12-13,16,18-19H2,1-4H3/t23-/m0/s1. The van der Waals surface area contributed by atoms with Crippen LogP contribution in [0.1, 0.15) is 43.2 Å². The minimum absolute atomic E-state index is 0.262. The first-order chi connectivity index (χ1) is 15.4. The summed E-state index contributed by atoms with van der Waals surface area (Å²) in [5, 5.41) is 14.7. The second-order valence-electron chi connectivity index (χ2n) is 9.19. The van der Waals surface area contributed by atoms with Gasteiger partial charge in [-0.25, -0.2) is 0 Å². The molecule has 3 rings (SSSR count). The summed E-state index contributed by atoms with van der Waals surface area (Å²) in [7, 11) is 7.83. The molecule has 0 spiro atoms. The summed E-state index contributed by atoms with van der Waals surface area (Å²) < 4.78 is 13.3. The molecule has 7 nitrogen and oxygen atoms in total. The van der Waals surface area contributed by atoms with Gasteiger partial charge in [0.1, 0.15) is 12.7 Å². The third-order valence-corrected chi connectivity index (χ3v) is 6.35.